The highest BCUT2D eigenvalue weighted by Gasteiger charge is 2.20. The van der Waals surface area contributed by atoms with Crippen LogP contribution in [0.3, 0.4) is 0 Å². The van der Waals surface area contributed by atoms with Crippen LogP contribution in [0, 0.1) is 6.92 Å². The Balaban J connectivity index is 0.00000225. The predicted molar refractivity (Wildman–Crippen MR) is 101 cm³/mol. The molecule has 25 heavy (non-hydrogen) atoms. The SMILES string of the molecule is CCOC(=O)c1c(C)oc2ccc(C(N)Cc3ccccc3)cc12.Cl. The molecule has 0 radical (unpaired) electrons. The maximum Gasteiger partial charge on any atom is 0.342 e. The molecule has 3 rings (SSSR count). The van der Waals surface area contributed by atoms with E-state index in [1.54, 1.807) is 13.8 Å². The molecular formula is C20H22ClNO3. The van der Waals surface area contributed by atoms with Crippen LogP contribution in [0.5, 0.6) is 0 Å². The summed E-state index contributed by atoms with van der Waals surface area (Å²) in [4.78, 5) is 12.2. The minimum Gasteiger partial charge on any atom is -0.462 e. The largest absolute Gasteiger partial charge is 0.462 e. The highest BCUT2D eigenvalue weighted by atomic mass is 35.5. The first-order valence-corrected chi connectivity index (χ1v) is 8.09. The van der Waals surface area contributed by atoms with Gasteiger partial charge in [0.15, 0.2) is 0 Å². The zero-order valence-corrected chi connectivity index (χ0v) is 15.1. The van der Waals surface area contributed by atoms with E-state index in [-0.39, 0.29) is 24.4 Å². The summed E-state index contributed by atoms with van der Waals surface area (Å²) in [6, 6.07) is 15.7. The van der Waals surface area contributed by atoms with Crippen molar-refractivity contribution in [1.82, 2.24) is 0 Å². The number of fused-ring (bicyclic) bond motifs is 1. The van der Waals surface area contributed by atoms with Crippen LogP contribution in [-0.2, 0) is 11.2 Å². The summed E-state index contributed by atoms with van der Waals surface area (Å²) in [5.41, 5.74) is 9.67. The summed E-state index contributed by atoms with van der Waals surface area (Å²) in [7, 11) is 0. The molecule has 1 aromatic heterocycles. The number of rotatable bonds is 5. The normalized spacial score (nSPS) is 11.8. The highest BCUT2D eigenvalue weighted by Crippen LogP contribution is 2.29. The zero-order valence-electron chi connectivity index (χ0n) is 14.3. The Bertz CT molecular complexity index is 858. The summed E-state index contributed by atoms with van der Waals surface area (Å²) in [5.74, 6) is 0.208. The zero-order chi connectivity index (χ0) is 17.1. The number of benzene rings is 2. The van der Waals surface area contributed by atoms with Gasteiger partial charge in [-0.1, -0.05) is 36.4 Å². The molecule has 0 bridgehead atoms. The fourth-order valence-electron chi connectivity index (χ4n) is 2.91. The van der Waals surface area contributed by atoms with Crippen molar-refractivity contribution >= 4 is 29.3 Å². The molecule has 3 aromatic rings. The van der Waals surface area contributed by atoms with Gasteiger partial charge in [0.25, 0.3) is 0 Å². The minimum absolute atomic E-state index is 0. The van der Waals surface area contributed by atoms with Crippen LogP contribution in [-0.4, -0.2) is 12.6 Å². The molecule has 0 fully saturated rings. The van der Waals surface area contributed by atoms with Gasteiger partial charge < -0.3 is 14.9 Å². The molecule has 1 heterocycles. The molecular weight excluding hydrogens is 338 g/mol. The van der Waals surface area contributed by atoms with Gasteiger partial charge >= 0.3 is 5.97 Å². The monoisotopic (exact) mass is 359 g/mol. The lowest BCUT2D eigenvalue weighted by atomic mass is 9.98. The van der Waals surface area contributed by atoms with E-state index in [0.717, 1.165) is 17.4 Å². The van der Waals surface area contributed by atoms with Crippen molar-refractivity contribution in [3.63, 3.8) is 0 Å². The van der Waals surface area contributed by atoms with Crippen LogP contribution >= 0.6 is 12.4 Å². The Morgan fingerprint density at radius 2 is 1.92 bits per heavy atom. The van der Waals surface area contributed by atoms with E-state index in [0.29, 0.717) is 23.5 Å². The second kappa shape index (κ2) is 8.19. The summed E-state index contributed by atoms with van der Waals surface area (Å²) < 4.78 is 10.8. The van der Waals surface area contributed by atoms with Gasteiger partial charge in [-0.3, -0.25) is 0 Å². The third-order valence-corrected chi connectivity index (χ3v) is 4.09. The van der Waals surface area contributed by atoms with Crippen molar-refractivity contribution in [3.8, 4) is 0 Å². The third kappa shape index (κ3) is 4.03. The maximum atomic E-state index is 12.2. The van der Waals surface area contributed by atoms with Gasteiger partial charge in [-0.05, 0) is 43.5 Å². The van der Waals surface area contributed by atoms with Gasteiger partial charge in [-0.15, -0.1) is 12.4 Å². The number of halogens is 1. The van der Waals surface area contributed by atoms with Crippen LogP contribution in [0.1, 0.15) is 40.2 Å². The van der Waals surface area contributed by atoms with Crippen molar-refractivity contribution in [2.45, 2.75) is 26.3 Å². The maximum absolute atomic E-state index is 12.2. The summed E-state index contributed by atoms with van der Waals surface area (Å²) in [6.07, 6.45) is 0.734. The van der Waals surface area contributed by atoms with Crippen LogP contribution in [0.25, 0.3) is 11.0 Å². The van der Waals surface area contributed by atoms with Gasteiger partial charge in [-0.25, -0.2) is 4.79 Å². The van der Waals surface area contributed by atoms with E-state index >= 15 is 0 Å². The third-order valence-electron chi connectivity index (χ3n) is 4.09. The van der Waals surface area contributed by atoms with Gasteiger partial charge in [0.05, 0.1) is 6.61 Å². The van der Waals surface area contributed by atoms with Gasteiger partial charge in [0.1, 0.15) is 16.9 Å². The minimum atomic E-state index is -0.359. The standard InChI is InChI=1S/C20H21NO3.ClH/c1-3-23-20(22)19-13(2)24-18-10-9-15(12-16(18)19)17(21)11-14-7-5-4-6-8-14;/h4-10,12,17H,3,11,21H2,1-2H3;1H. The second-order valence-electron chi connectivity index (χ2n) is 5.81. The van der Waals surface area contributed by atoms with Crippen LogP contribution < -0.4 is 5.73 Å². The summed E-state index contributed by atoms with van der Waals surface area (Å²) >= 11 is 0. The lowest BCUT2D eigenvalue weighted by Gasteiger charge is -2.12. The number of aryl methyl sites for hydroxylation is 1. The van der Waals surface area contributed by atoms with E-state index in [4.69, 9.17) is 14.9 Å². The number of carbonyl (C=O) groups is 1. The number of carbonyl (C=O) groups excluding carboxylic acids is 1. The van der Waals surface area contributed by atoms with Gasteiger partial charge in [0.2, 0.25) is 0 Å². The molecule has 0 saturated carbocycles. The fraction of sp³-hybridized carbons (Fsp3) is 0.250. The van der Waals surface area contributed by atoms with E-state index in [9.17, 15) is 4.79 Å². The molecule has 0 saturated heterocycles. The average Bonchev–Trinajstić information content (AvgIpc) is 2.90. The molecule has 0 aliphatic heterocycles. The molecule has 132 valence electrons. The van der Waals surface area contributed by atoms with E-state index in [2.05, 4.69) is 12.1 Å². The van der Waals surface area contributed by atoms with Crippen LogP contribution in [0.2, 0.25) is 0 Å². The Morgan fingerprint density at radius 1 is 1.20 bits per heavy atom. The van der Waals surface area contributed by atoms with Crippen LogP contribution in [0.4, 0.5) is 0 Å². The second-order valence-corrected chi connectivity index (χ2v) is 5.81. The Labute approximate surface area is 153 Å². The van der Waals surface area contributed by atoms with Crippen molar-refractivity contribution < 1.29 is 13.9 Å². The van der Waals surface area contributed by atoms with Crippen molar-refractivity contribution in [3.05, 3.63) is 71.0 Å². The summed E-state index contributed by atoms with van der Waals surface area (Å²) in [6.45, 7) is 3.89. The van der Waals surface area contributed by atoms with E-state index < -0.39 is 0 Å². The first kappa shape index (κ1) is 19.0. The van der Waals surface area contributed by atoms with Crippen molar-refractivity contribution in [2.24, 2.45) is 5.73 Å². The molecule has 2 aromatic carbocycles. The molecule has 5 heteroatoms. The highest BCUT2D eigenvalue weighted by molar-refractivity contribution is 6.04. The lowest BCUT2D eigenvalue weighted by molar-refractivity contribution is 0.0526. The Morgan fingerprint density at radius 3 is 2.60 bits per heavy atom. The smallest absolute Gasteiger partial charge is 0.342 e. The number of hydrogen-bond acceptors (Lipinski definition) is 4. The predicted octanol–water partition coefficient (Wildman–Crippen LogP) is 4.58. The lowest BCUT2D eigenvalue weighted by Crippen LogP contribution is -2.13. The first-order valence-electron chi connectivity index (χ1n) is 8.09. The van der Waals surface area contributed by atoms with E-state index in [1.807, 2.05) is 36.4 Å². The first-order chi connectivity index (χ1) is 11.6. The number of nitrogens with two attached hydrogens (primary N) is 1. The number of hydrogen-bond donors (Lipinski definition) is 1. The Hall–Kier alpha value is -2.30. The summed E-state index contributed by atoms with van der Waals surface area (Å²) in [5, 5.41) is 0.756. The number of ether oxygens (including phenoxy) is 1. The molecule has 1 atom stereocenters. The van der Waals surface area contributed by atoms with Crippen LogP contribution in [0.15, 0.2) is 52.9 Å². The number of furan rings is 1. The Kier molecular flexibility index (Phi) is 6.23. The van der Waals surface area contributed by atoms with Crippen molar-refractivity contribution in [1.29, 1.82) is 0 Å². The van der Waals surface area contributed by atoms with Gasteiger partial charge in [0, 0.05) is 11.4 Å². The molecule has 0 amide bonds. The molecule has 4 nitrogen and oxygen atoms in total. The van der Waals surface area contributed by atoms with Gasteiger partial charge in [-0.2, -0.15) is 0 Å². The average molecular weight is 360 g/mol. The molecule has 0 spiro atoms. The topological polar surface area (TPSA) is 65.5 Å². The molecule has 1 unspecified atom stereocenters. The molecule has 0 aliphatic carbocycles. The van der Waals surface area contributed by atoms with Crippen molar-refractivity contribution in [2.75, 3.05) is 6.61 Å². The molecule has 0 aliphatic rings. The quantitative estimate of drug-likeness (QED) is 0.677. The van der Waals surface area contributed by atoms with E-state index in [1.165, 1.54) is 5.56 Å². The number of esters is 1. The fourth-order valence-corrected chi connectivity index (χ4v) is 2.91. The molecule has 2 N–H and O–H groups in total.